The molecule has 9 heteroatoms. The van der Waals surface area contributed by atoms with Crippen LogP contribution in [0, 0.1) is 20.2 Å². The van der Waals surface area contributed by atoms with Crippen molar-refractivity contribution in [3.8, 4) is 0 Å². The molecule has 0 unspecified atom stereocenters. The third kappa shape index (κ3) is 7.86. The molecule has 1 N–H and O–H groups in total. The van der Waals surface area contributed by atoms with Gasteiger partial charge in [-0.2, -0.15) is 0 Å². The molecule has 9 nitrogen and oxygen atoms in total. The summed E-state index contributed by atoms with van der Waals surface area (Å²) in [5, 5.41) is 23.0. The van der Waals surface area contributed by atoms with Gasteiger partial charge in [-0.15, -0.1) is 0 Å². The summed E-state index contributed by atoms with van der Waals surface area (Å²) in [5.74, 6) is 0. The molecule has 0 aliphatic heterocycles. The van der Waals surface area contributed by atoms with Gasteiger partial charge < -0.3 is 4.74 Å². The molecule has 0 aromatic heterocycles. The van der Waals surface area contributed by atoms with Crippen molar-refractivity contribution in [1.82, 2.24) is 0 Å². The van der Waals surface area contributed by atoms with E-state index in [4.69, 9.17) is 4.74 Å². The van der Waals surface area contributed by atoms with Crippen LogP contribution in [0.2, 0.25) is 0 Å². The summed E-state index contributed by atoms with van der Waals surface area (Å²) in [7, 11) is 0. The zero-order valence-electron chi connectivity index (χ0n) is 14.5. The number of amides is 1. The lowest BCUT2D eigenvalue weighted by Crippen LogP contribution is -2.27. The van der Waals surface area contributed by atoms with Crippen LogP contribution in [0.3, 0.4) is 0 Å². The lowest BCUT2D eigenvalue weighted by molar-refractivity contribution is -0.394. The Morgan fingerprint density at radius 1 is 0.923 bits per heavy atom. The summed E-state index contributed by atoms with van der Waals surface area (Å²) >= 11 is 0. The largest absolute Gasteiger partial charge is 0.444 e. The van der Waals surface area contributed by atoms with E-state index in [0.717, 1.165) is 11.8 Å². The fourth-order valence-corrected chi connectivity index (χ4v) is 1.66. The van der Waals surface area contributed by atoms with Crippen LogP contribution in [0.4, 0.5) is 21.9 Å². The molecule has 0 saturated carbocycles. The van der Waals surface area contributed by atoms with Gasteiger partial charge in [0.15, 0.2) is 0 Å². The van der Waals surface area contributed by atoms with E-state index in [1.54, 1.807) is 0 Å². The van der Waals surface area contributed by atoms with Gasteiger partial charge in [-0.1, -0.05) is 18.2 Å². The van der Waals surface area contributed by atoms with E-state index in [-0.39, 0.29) is 11.4 Å². The SMILES string of the molecule is CC(C)(C)OC(=O)Nc1ccccc1.O=[N+]([O-])c1cccc([N+](=O)[O-])c1. The number of rotatable bonds is 3. The number of non-ortho nitro benzene ring substituents is 2. The fourth-order valence-electron chi connectivity index (χ4n) is 1.66. The molecular formula is C17H19N3O6. The average molecular weight is 361 g/mol. The Morgan fingerprint density at radius 3 is 1.85 bits per heavy atom. The zero-order chi connectivity index (χ0) is 19.7. The maximum absolute atomic E-state index is 11.3. The second-order valence-corrected chi connectivity index (χ2v) is 6.03. The third-order valence-electron chi connectivity index (χ3n) is 2.67. The molecule has 0 aliphatic rings. The molecule has 2 aromatic rings. The Bertz CT molecular complexity index is 742. The van der Waals surface area contributed by atoms with Gasteiger partial charge in [0.05, 0.1) is 15.9 Å². The number of carbonyl (C=O) groups excluding carboxylic acids is 1. The van der Waals surface area contributed by atoms with Crippen LogP contribution in [0.15, 0.2) is 54.6 Å². The van der Waals surface area contributed by atoms with E-state index in [0.29, 0.717) is 0 Å². The van der Waals surface area contributed by atoms with Gasteiger partial charge in [0.25, 0.3) is 11.4 Å². The van der Waals surface area contributed by atoms with Crippen molar-refractivity contribution >= 4 is 23.2 Å². The van der Waals surface area contributed by atoms with Gasteiger partial charge in [0.2, 0.25) is 0 Å². The molecule has 2 rings (SSSR count). The minimum absolute atomic E-state index is 0.274. The first-order chi connectivity index (χ1) is 12.1. The van der Waals surface area contributed by atoms with Gasteiger partial charge in [-0.25, -0.2) is 4.79 Å². The number of hydrogen-bond donors (Lipinski definition) is 1. The monoisotopic (exact) mass is 361 g/mol. The molecule has 0 spiro atoms. The Hall–Kier alpha value is -3.49. The molecule has 0 bridgehead atoms. The first-order valence-electron chi connectivity index (χ1n) is 7.52. The molecule has 0 radical (unpaired) electrons. The van der Waals surface area contributed by atoms with Crippen molar-refractivity contribution in [3.05, 3.63) is 74.8 Å². The number of nitro groups is 2. The predicted octanol–water partition coefficient (Wildman–Crippen LogP) is 4.54. The first-order valence-corrected chi connectivity index (χ1v) is 7.52. The Labute approximate surface area is 149 Å². The van der Waals surface area contributed by atoms with Crippen LogP contribution >= 0.6 is 0 Å². The second-order valence-electron chi connectivity index (χ2n) is 6.03. The normalized spacial score (nSPS) is 10.1. The van der Waals surface area contributed by atoms with E-state index >= 15 is 0 Å². The van der Waals surface area contributed by atoms with Crippen LogP contribution in [-0.4, -0.2) is 21.5 Å². The number of nitro benzene ring substituents is 2. The van der Waals surface area contributed by atoms with Gasteiger partial charge in [0.1, 0.15) is 5.60 Å². The van der Waals surface area contributed by atoms with Crippen molar-refractivity contribution in [3.63, 3.8) is 0 Å². The standard InChI is InChI=1S/C11H15NO2.C6H4N2O4/c1-11(2,3)14-10(13)12-9-7-5-4-6-8-9;9-7(10)5-2-1-3-6(4-5)8(11)12/h4-8H,1-3H3,(H,12,13);1-4H. The number of benzene rings is 2. The number of ether oxygens (including phenoxy) is 1. The highest BCUT2D eigenvalue weighted by molar-refractivity contribution is 5.84. The van der Waals surface area contributed by atoms with Crippen LogP contribution in [0.25, 0.3) is 0 Å². The molecule has 1 amide bonds. The molecule has 0 heterocycles. The van der Waals surface area contributed by atoms with Crippen molar-refractivity contribution < 1.29 is 19.4 Å². The molecule has 138 valence electrons. The molecule has 26 heavy (non-hydrogen) atoms. The van der Waals surface area contributed by atoms with E-state index in [2.05, 4.69) is 5.32 Å². The Kier molecular flexibility index (Phi) is 7.20. The molecule has 0 atom stereocenters. The van der Waals surface area contributed by atoms with Gasteiger partial charge in [-0.3, -0.25) is 25.5 Å². The van der Waals surface area contributed by atoms with Crippen molar-refractivity contribution in [2.24, 2.45) is 0 Å². The number of anilines is 1. The summed E-state index contributed by atoms with van der Waals surface area (Å²) in [4.78, 5) is 30.3. The minimum atomic E-state index is -0.674. The highest BCUT2D eigenvalue weighted by Crippen LogP contribution is 2.18. The summed E-state index contributed by atoms with van der Waals surface area (Å²) < 4.78 is 5.09. The maximum atomic E-state index is 11.3. The second kappa shape index (κ2) is 9.11. The maximum Gasteiger partial charge on any atom is 0.412 e. The van der Waals surface area contributed by atoms with Gasteiger partial charge in [0, 0.05) is 17.8 Å². The van der Waals surface area contributed by atoms with E-state index in [9.17, 15) is 25.0 Å². The van der Waals surface area contributed by atoms with Crippen LogP contribution in [0.5, 0.6) is 0 Å². The first kappa shape index (κ1) is 20.6. The summed E-state index contributed by atoms with van der Waals surface area (Å²) in [5.41, 5.74) is -0.270. The number of carbonyl (C=O) groups is 1. The summed E-state index contributed by atoms with van der Waals surface area (Å²) in [6.07, 6.45) is -0.427. The number of nitrogens with one attached hydrogen (secondary N) is 1. The highest BCUT2D eigenvalue weighted by Gasteiger charge is 2.15. The summed E-state index contributed by atoms with van der Waals surface area (Å²) in [6, 6.07) is 13.8. The van der Waals surface area contributed by atoms with Crippen molar-refractivity contribution in [1.29, 1.82) is 0 Å². The number of nitrogens with zero attached hydrogens (tertiary/aromatic N) is 2. The van der Waals surface area contributed by atoms with E-state index in [1.807, 2.05) is 51.1 Å². The fraction of sp³-hybridized carbons (Fsp3) is 0.235. The van der Waals surface area contributed by atoms with Gasteiger partial charge in [-0.05, 0) is 39.0 Å². The lowest BCUT2D eigenvalue weighted by atomic mass is 10.2. The molecular weight excluding hydrogens is 342 g/mol. The Balaban J connectivity index is 0.000000263. The number of para-hydroxylation sites is 1. The smallest absolute Gasteiger partial charge is 0.412 e. The number of hydrogen-bond acceptors (Lipinski definition) is 6. The summed E-state index contributed by atoms with van der Waals surface area (Å²) in [6.45, 7) is 5.49. The molecule has 2 aromatic carbocycles. The van der Waals surface area contributed by atoms with Crippen LogP contribution in [-0.2, 0) is 4.74 Å². The Morgan fingerprint density at radius 2 is 1.42 bits per heavy atom. The van der Waals surface area contributed by atoms with Crippen LogP contribution < -0.4 is 5.32 Å². The van der Waals surface area contributed by atoms with Crippen molar-refractivity contribution in [2.75, 3.05) is 5.32 Å². The van der Waals surface area contributed by atoms with Crippen molar-refractivity contribution in [2.45, 2.75) is 26.4 Å². The van der Waals surface area contributed by atoms with E-state index < -0.39 is 21.5 Å². The highest BCUT2D eigenvalue weighted by atomic mass is 16.6. The average Bonchev–Trinajstić information content (AvgIpc) is 2.54. The third-order valence-corrected chi connectivity index (χ3v) is 2.67. The molecule has 0 saturated heterocycles. The lowest BCUT2D eigenvalue weighted by Gasteiger charge is -2.19. The topological polar surface area (TPSA) is 125 Å². The molecule has 0 aliphatic carbocycles. The minimum Gasteiger partial charge on any atom is -0.444 e. The quantitative estimate of drug-likeness (QED) is 0.632. The predicted molar refractivity (Wildman–Crippen MR) is 96.0 cm³/mol. The van der Waals surface area contributed by atoms with Crippen LogP contribution in [0.1, 0.15) is 20.8 Å². The van der Waals surface area contributed by atoms with E-state index in [1.165, 1.54) is 18.2 Å². The zero-order valence-corrected chi connectivity index (χ0v) is 14.5. The van der Waals surface area contributed by atoms with Gasteiger partial charge >= 0.3 is 6.09 Å². The molecule has 0 fully saturated rings.